The third-order valence-electron chi connectivity index (χ3n) is 4.88. The summed E-state index contributed by atoms with van der Waals surface area (Å²) < 4.78 is 26.9. The van der Waals surface area contributed by atoms with Gasteiger partial charge in [-0.15, -0.1) is 0 Å². The summed E-state index contributed by atoms with van der Waals surface area (Å²) in [5.74, 6) is -0.0631. The first kappa shape index (κ1) is 21.3. The number of hydrogen-bond donors (Lipinski definition) is 2. The standard InChI is InChI=1S/C17H26N4O5S/c1-4-17(2,3)18-16(22)13-19-9-11-20(12-10-19)27(25,26)15-8-6-5-7-14(15)21(23)24/h5-8H,4,9-13H2,1-3H3,(H,18,22)/p+1. The van der Waals surface area contributed by atoms with E-state index in [1.54, 1.807) is 0 Å². The maximum Gasteiger partial charge on any atom is 0.289 e. The number of hydrogen-bond acceptors (Lipinski definition) is 5. The van der Waals surface area contributed by atoms with Gasteiger partial charge in [-0.25, -0.2) is 8.42 Å². The van der Waals surface area contributed by atoms with Gasteiger partial charge in [-0.2, -0.15) is 4.31 Å². The minimum atomic E-state index is -3.94. The second-order valence-corrected chi connectivity index (χ2v) is 9.25. The van der Waals surface area contributed by atoms with E-state index in [0.29, 0.717) is 13.1 Å². The van der Waals surface area contributed by atoms with Crippen molar-refractivity contribution in [2.45, 2.75) is 37.6 Å². The highest BCUT2D eigenvalue weighted by atomic mass is 32.2. The second-order valence-electron chi connectivity index (χ2n) is 7.34. The maximum absolute atomic E-state index is 12.8. The van der Waals surface area contributed by atoms with E-state index in [4.69, 9.17) is 0 Å². The Morgan fingerprint density at radius 2 is 1.89 bits per heavy atom. The van der Waals surface area contributed by atoms with E-state index >= 15 is 0 Å². The minimum absolute atomic E-state index is 0.0631. The van der Waals surface area contributed by atoms with E-state index in [9.17, 15) is 23.3 Å². The van der Waals surface area contributed by atoms with Gasteiger partial charge in [-0.1, -0.05) is 19.1 Å². The van der Waals surface area contributed by atoms with Crippen LogP contribution in [0.5, 0.6) is 0 Å². The molecule has 0 aromatic heterocycles. The molecule has 0 atom stereocenters. The number of quaternary nitrogens is 1. The van der Waals surface area contributed by atoms with Crippen LogP contribution >= 0.6 is 0 Å². The Bertz CT molecular complexity index is 801. The molecule has 9 nitrogen and oxygen atoms in total. The van der Waals surface area contributed by atoms with Gasteiger partial charge in [0.15, 0.2) is 11.4 Å². The number of piperazine rings is 1. The number of nitro groups is 1. The zero-order valence-corrected chi connectivity index (χ0v) is 16.7. The molecule has 0 radical (unpaired) electrons. The van der Waals surface area contributed by atoms with Crippen LogP contribution in [-0.2, 0) is 14.8 Å². The Kier molecular flexibility index (Phi) is 6.55. The molecule has 0 unspecified atom stereocenters. The molecule has 27 heavy (non-hydrogen) atoms. The number of nitrogens with one attached hydrogen (secondary N) is 2. The molecule has 10 heteroatoms. The highest BCUT2D eigenvalue weighted by Gasteiger charge is 2.35. The molecule has 2 N–H and O–H groups in total. The largest absolute Gasteiger partial charge is 0.346 e. The van der Waals surface area contributed by atoms with Gasteiger partial charge >= 0.3 is 0 Å². The summed E-state index contributed by atoms with van der Waals surface area (Å²) >= 11 is 0. The first-order valence-corrected chi connectivity index (χ1v) is 10.4. The predicted molar refractivity (Wildman–Crippen MR) is 99.9 cm³/mol. The van der Waals surface area contributed by atoms with Crippen LogP contribution in [0, 0.1) is 10.1 Å². The fraction of sp³-hybridized carbons (Fsp3) is 0.588. The molecule has 1 saturated heterocycles. The summed E-state index contributed by atoms with van der Waals surface area (Å²) in [7, 11) is -3.94. The fourth-order valence-corrected chi connectivity index (χ4v) is 4.52. The molecule has 0 spiro atoms. The highest BCUT2D eigenvalue weighted by Crippen LogP contribution is 2.26. The zero-order chi connectivity index (χ0) is 20.2. The summed E-state index contributed by atoms with van der Waals surface area (Å²) in [6, 6.07) is 5.36. The zero-order valence-electron chi connectivity index (χ0n) is 15.9. The molecule has 1 aromatic rings. The minimum Gasteiger partial charge on any atom is -0.346 e. The topological polar surface area (TPSA) is 114 Å². The number of sulfonamides is 1. The molecule has 1 aromatic carbocycles. The van der Waals surface area contributed by atoms with Gasteiger partial charge < -0.3 is 10.2 Å². The van der Waals surface area contributed by atoms with Crippen LogP contribution in [0.1, 0.15) is 27.2 Å². The van der Waals surface area contributed by atoms with Gasteiger partial charge in [0.25, 0.3) is 11.6 Å². The van der Waals surface area contributed by atoms with Crippen molar-refractivity contribution >= 4 is 21.6 Å². The van der Waals surface area contributed by atoms with E-state index in [2.05, 4.69) is 5.32 Å². The Morgan fingerprint density at radius 3 is 2.44 bits per heavy atom. The first-order valence-electron chi connectivity index (χ1n) is 8.95. The first-order chi connectivity index (χ1) is 12.6. The number of nitro benzene ring substituents is 1. The van der Waals surface area contributed by atoms with Crippen molar-refractivity contribution in [1.82, 2.24) is 9.62 Å². The molecule has 150 valence electrons. The van der Waals surface area contributed by atoms with Crippen molar-refractivity contribution < 1.29 is 23.0 Å². The molecule has 0 saturated carbocycles. The summed E-state index contributed by atoms with van der Waals surface area (Å²) in [6.07, 6.45) is 0.815. The lowest BCUT2D eigenvalue weighted by atomic mass is 10.0. The average Bonchev–Trinajstić information content (AvgIpc) is 2.61. The molecule has 1 amide bonds. The third-order valence-corrected chi connectivity index (χ3v) is 6.83. The molecule has 1 aliphatic rings. The van der Waals surface area contributed by atoms with E-state index in [1.807, 2.05) is 20.8 Å². The average molecular weight is 399 g/mol. The Morgan fingerprint density at radius 1 is 1.30 bits per heavy atom. The number of para-hydroxylation sites is 1. The molecule has 1 fully saturated rings. The number of benzene rings is 1. The SMILES string of the molecule is CCC(C)(C)NC(=O)C[NH+]1CCN(S(=O)(=O)c2ccccc2[N+](=O)[O-])CC1. The number of rotatable bonds is 7. The highest BCUT2D eigenvalue weighted by molar-refractivity contribution is 7.89. The molecule has 1 aliphatic heterocycles. The number of nitrogens with zero attached hydrogens (tertiary/aromatic N) is 2. The van der Waals surface area contributed by atoms with Crippen LogP contribution < -0.4 is 10.2 Å². The van der Waals surface area contributed by atoms with Gasteiger partial charge in [0.05, 0.1) is 31.1 Å². The van der Waals surface area contributed by atoms with Gasteiger partial charge in [0, 0.05) is 11.6 Å². The van der Waals surface area contributed by atoms with Crippen molar-refractivity contribution in [3.8, 4) is 0 Å². The Labute approximate surface area is 159 Å². The lowest BCUT2D eigenvalue weighted by Gasteiger charge is -2.32. The Balaban J connectivity index is 2.01. The van der Waals surface area contributed by atoms with E-state index in [1.165, 1.54) is 28.6 Å². The molecule has 0 bridgehead atoms. The van der Waals surface area contributed by atoms with E-state index in [-0.39, 0.29) is 36.0 Å². The fourth-order valence-electron chi connectivity index (χ4n) is 2.92. The maximum atomic E-state index is 12.8. The summed E-state index contributed by atoms with van der Waals surface area (Å²) in [4.78, 5) is 23.3. The molecule has 0 aliphatic carbocycles. The summed E-state index contributed by atoms with van der Waals surface area (Å²) in [5.41, 5.74) is -0.693. The summed E-state index contributed by atoms with van der Waals surface area (Å²) in [5, 5.41) is 14.1. The van der Waals surface area contributed by atoms with Crippen molar-refractivity contribution in [2.75, 3.05) is 32.7 Å². The van der Waals surface area contributed by atoms with Crippen molar-refractivity contribution in [3.63, 3.8) is 0 Å². The molecule has 2 rings (SSSR count). The lowest BCUT2D eigenvalue weighted by Crippen LogP contribution is -3.16. The molecular weight excluding hydrogens is 372 g/mol. The van der Waals surface area contributed by atoms with Crippen molar-refractivity contribution in [1.29, 1.82) is 0 Å². The van der Waals surface area contributed by atoms with Crippen molar-refractivity contribution in [3.05, 3.63) is 34.4 Å². The second kappa shape index (κ2) is 8.32. The van der Waals surface area contributed by atoms with Crippen LogP contribution in [0.15, 0.2) is 29.2 Å². The van der Waals surface area contributed by atoms with E-state index < -0.39 is 20.6 Å². The smallest absolute Gasteiger partial charge is 0.289 e. The summed E-state index contributed by atoms with van der Waals surface area (Å²) in [6.45, 7) is 7.57. The van der Waals surface area contributed by atoms with Gasteiger partial charge in [-0.05, 0) is 26.3 Å². The molecular formula is C17H27N4O5S+. The van der Waals surface area contributed by atoms with Gasteiger partial charge in [0.2, 0.25) is 10.0 Å². The predicted octanol–water partition coefficient (Wildman–Crippen LogP) is -0.211. The van der Waals surface area contributed by atoms with E-state index in [0.717, 1.165) is 11.3 Å². The number of carbonyl (C=O) groups excluding carboxylic acids is 1. The lowest BCUT2D eigenvalue weighted by molar-refractivity contribution is -0.895. The van der Waals surface area contributed by atoms with Crippen LogP contribution in [0.3, 0.4) is 0 Å². The van der Waals surface area contributed by atoms with Crippen LogP contribution in [0.4, 0.5) is 5.69 Å². The van der Waals surface area contributed by atoms with Crippen LogP contribution in [-0.4, -0.2) is 61.8 Å². The molecule has 1 heterocycles. The third kappa shape index (κ3) is 5.24. The van der Waals surface area contributed by atoms with Crippen molar-refractivity contribution in [2.24, 2.45) is 0 Å². The normalized spacial score (nSPS) is 16.9. The van der Waals surface area contributed by atoms with Gasteiger partial charge in [0.1, 0.15) is 0 Å². The quantitative estimate of drug-likeness (QED) is 0.486. The van der Waals surface area contributed by atoms with Gasteiger partial charge in [-0.3, -0.25) is 14.9 Å². The van der Waals surface area contributed by atoms with Crippen LogP contribution in [0.2, 0.25) is 0 Å². The monoisotopic (exact) mass is 399 g/mol. The van der Waals surface area contributed by atoms with Crippen LogP contribution in [0.25, 0.3) is 0 Å². The number of carbonyl (C=O) groups is 1. The number of amides is 1. The Hall–Kier alpha value is -2.04.